The smallest absolute Gasteiger partial charge is 0.251 e. The van der Waals surface area contributed by atoms with Crippen LogP contribution in [0.3, 0.4) is 0 Å². The molecule has 0 aromatic heterocycles. The molecular weight excluding hydrogens is 296 g/mol. The number of hydrogen-bond acceptors (Lipinski definition) is 2. The second kappa shape index (κ2) is 8.57. The first kappa shape index (κ1) is 18.2. The Labute approximate surface area is 138 Å². The topological polar surface area (TPSA) is 55.1 Å². The lowest BCUT2D eigenvalue weighted by atomic mass is 10.0. The molecule has 0 fully saturated rings. The van der Waals surface area contributed by atoms with Crippen molar-refractivity contribution in [1.29, 1.82) is 0 Å². The van der Waals surface area contributed by atoms with Crippen LogP contribution >= 0.6 is 12.4 Å². The summed E-state index contributed by atoms with van der Waals surface area (Å²) in [6, 6.07) is 13.7. The van der Waals surface area contributed by atoms with Crippen LogP contribution in [0.1, 0.15) is 32.6 Å². The molecule has 0 unspecified atom stereocenters. The van der Waals surface area contributed by atoms with Crippen LogP contribution in [0.25, 0.3) is 0 Å². The van der Waals surface area contributed by atoms with Crippen molar-refractivity contribution in [3.8, 4) is 0 Å². The van der Waals surface area contributed by atoms with Gasteiger partial charge in [-0.15, -0.1) is 12.4 Å². The Bertz CT molecular complexity index is 603. The van der Waals surface area contributed by atoms with Gasteiger partial charge in [0, 0.05) is 18.7 Å². The number of nitrogens with two attached hydrogens (primary N) is 1. The monoisotopic (exact) mass is 318 g/mol. The van der Waals surface area contributed by atoms with Crippen molar-refractivity contribution < 1.29 is 4.79 Å². The van der Waals surface area contributed by atoms with Gasteiger partial charge in [-0.05, 0) is 54.7 Å². The molecule has 0 spiro atoms. The van der Waals surface area contributed by atoms with Gasteiger partial charge in [0.2, 0.25) is 0 Å². The molecule has 0 atom stereocenters. The molecule has 2 aromatic rings. The number of carbonyl (C=O) groups is 1. The maximum absolute atomic E-state index is 12.1. The van der Waals surface area contributed by atoms with Crippen molar-refractivity contribution in [2.75, 3.05) is 6.54 Å². The lowest BCUT2D eigenvalue weighted by Crippen LogP contribution is -2.26. The summed E-state index contributed by atoms with van der Waals surface area (Å²) in [5.41, 5.74) is 11.1. The quantitative estimate of drug-likeness (QED) is 0.889. The summed E-state index contributed by atoms with van der Waals surface area (Å²) in [7, 11) is 0. The fourth-order valence-electron chi connectivity index (χ4n) is 2.44. The third-order valence-corrected chi connectivity index (χ3v) is 3.76. The highest BCUT2D eigenvalue weighted by Crippen LogP contribution is 2.13. The Balaban J connectivity index is 0.00000242. The second-order valence-electron chi connectivity index (χ2n) is 5.28. The van der Waals surface area contributed by atoms with E-state index in [4.69, 9.17) is 5.73 Å². The van der Waals surface area contributed by atoms with Crippen LogP contribution < -0.4 is 11.1 Å². The van der Waals surface area contributed by atoms with Crippen LogP contribution in [-0.4, -0.2) is 12.5 Å². The molecular formula is C18H23ClN2O. The summed E-state index contributed by atoms with van der Waals surface area (Å²) < 4.78 is 0. The van der Waals surface area contributed by atoms with Gasteiger partial charge in [0.15, 0.2) is 0 Å². The normalized spacial score (nSPS) is 9.95. The molecule has 3 nitrogen and oxygen atoms in total. The van der Waals surface area contributed by atoms with Crippen LogP contribution in [0.4, 0.5) is 0 Å². The molecule has 1 amide bonds. The lowest BCUT2D eigenvalue weighted by molar-refractivity contribution is 0.0954. The fourth-order valence-corrected chi connectivity index (χ4v) is 2.44. The van der Waals surface area contributed by atoms with E-state index in [1.165, 1.54) is 16.7 Å². The molecule has 0 aliphatic rings. The Kier molecular flexibility index (Phi) is 7.09. The van der Waals surface area contributed by atoms with Gasteiger partial charge in [0.05, 0.1) is 0 Å². The number of carbonyl (C=O) groups excluding carboxylic acids is 1. The Hall–Kier alpha value is -1.84. The molecule has 2 aromatic carbocycles. The number of hydrogen-bond donors (Lipinski definition) is 2. The summed E-state index contributed by atoms with van der Waals surface area (Å²) in [5, 5.41) is 2.97. The first-order valence-corrected chi connectivity index (χ1v) is 7.24. The number of amides is 1. The highest BCUT2D eigenvalue weighted by atomic mass is 35.5. The van der Waals surface area contributed by atoms with Crippen LogP contribution in [0.5, 0.6) is 0 Å². The predicted molar refractivity (Wildman–Crippen MR) is 93.5 cm³/mol. The number of aryl methyl sites for hydroxylation is 2. The largest absolute Gasteiger partial charge is 0.352 e. The number of nitrogens with one attached hydrogen (secondary N) is 1. The van der Waals surface area contributed by atoms with Crippen LogP contribution in [0, 0.1) is 13.8 Å². The Morgan fingerprint density at radius 1 is 1.05 bits per heavy atom. The number of rotatable bonds is 5. The van der Waals surface area contributed by atoms with Gasteiger partial charge in [-0.1, -0.05) is 30.3 Å². The minimum Gasteiger partial charge on any atom is -0.352 e. The van der Waals surface area contributed by atoms with E-state index in [-0.39, 0.29) is 18.3 Å². The molecule has 0 bridgehead atoms. The maximum atomic E-state index is 12.1. The van der Waals surface area contributed by atoms with E-state index in [2.05, 4.69) is 37.4 Å². The summed E-state index contributed by atoms with van der Waals surface area (Å²) >= 11 is 0. The summed E-state index contributed by atoms with van der Waals surface area (Å²) in [6.07, 6.45) is 0.852. The van der Waals surface area contributed by atoms with E-state index in [9.17, 15) is 4.79 Å². The van der Waals surface area contributed by atoms with E-state index >= 15 is 0 Å². The number of halogens is 1. The molecule has 2 rings (SSSR count). The van der Waals surface area contributed by atoms with E-state index in [1.807, 2.05) is 24.3 Å². The van der Waals surface area contributed by atoms with E-state index in [0.717, 1.165) is 12.0 Å². The highest BCUT2D eigenvalue weighted by molar-refractivity contribution is 5.94. The van der Waals surface area contributed by atoms with Gasteiger partial charge in [0.1, 0.15) is 0 Å². The third kappa shape index (κ3) is 4.58. The average Bonchev–Trinajstić information content (AvgIpc) is 2.50. The van der Waals surface area contributed by atoms with Gasteiger partial charge < -0.3 is 11.1 Å². The molecule has 3 N–H and O–H groups in total. The minimum atomic E-state index is -0.0372. The molecule has 0 aliphatic heterocycles. The average molecular weight is 319 g/mol. The first-order chi connectivity index (χ1) is 10.1. The molecule has 22 heavy (non-hydrogen) atoms. The van der Waals surface area contributed by atoms with E-state index in [1.54, 1.807) is 0 Å². The standard InChI is InChI=1S/C18H22N2O.ClH/c1-13-4-3-5-14(2)17(13)10-11-20-18(21)16-8-6-15(12-19)7-9-16;/h3-9H,10-12,19H2,1-2H3,(H,20,21);1H. The van der Waals surface area contributed by atoms with Gasteiger partial charge in [-0.3, -0.25) is 4.79 Å². The summed E-state index contributed by atoms with van der Waals surface area (Å²) in [6.45, 7) is 5.35. The molecule has 4 heteroatoms. The zero-order valence-electron chi connectivity index (χ0n) is 13.1. The van der Waals surface area contributed by atoms with Gasteiger partial charge in [0.25, 0.3) is 5.91 Å². The molecule has 118 valence electrons. The third-order valence-electron chi connectivity index (χ3n) is 3.76. The van der Waals surface area contributed by atoms with Gasteiger partial charge in [-0.25, -0.2) is 0 Å². The summed E-state index contributed by atoms with van der Waals surface area (Å²) in [4.78, 5) is 12.1. The van der Waals surface area contributed by atoms with Crippen LogP contribution in [0.15, 0.2) is 42.5 Å². The molecule has 0 radical (unpaired) electrons. The lowest BCUT2D eigenvalue weighted by Gasteiger charge is -2.10. The Morgan fingerprint density at radius 2 is 1.64 bits per heavy atom. The zero-order valence-corrected chi connectivity index (χ0v) is 13.9. The molecule has 0 saturated heterocycles. The molecule has 0 saturated carbocycles. The Morgan fingerprint density at radius 3 is 2.18 bits per heavy atom. The maximum Gasteiger partial charge on any atom is 0.251 e. The van der Waals surface area contributed by atoms with Crippen molar-refractivity contribution in [3.63, 3.8) is 0 Å². The van der Waals surface area contributed by atoms with Crippen LogP contribution in [-0.2, 0) is 13.0 Å². The minimum absolute atomic E-state index is 0. The predicted octanol–water partition coefficient (Wildman–Crippen LogP) is 3.16. The van der Waals surface area contributed by atoms with Crippen molar-refractivity contribution in [3.05, 3.63) is 70.3 Å². The number of benzene rings is 2. The van der Waals surface area contributed by atoms with E-state index < -0.39 is 0 Å². The fraction of sp³-hybridized carbons (Fsp3) is 0.278. The second-order valence-corrected chi connectivity index (χ2v) is 5.28. The van der Waals surface area contributed by atoms with Gasteiger partial charge >= 0.3 is 0 Å². The molecule has 0 aliphatic carbocycles. The molecule has 0 heterocycles. The first-order valence-electron chi connectivity index (χ1n) is 7.24. The van der Waals surface area contributed by atoms with Gasteiger partial charge in [-0.2, -0.15) is 0 Å². The van der Waals surface area contributed by atoms with Crippen LogP contribution in [0.2, 0.25) is 0 Å². The highest BCUT2D eigenvalue weighted by Gasteiger charge is 2.06. The van der Waals surface area contributed by atoms with Crippen molar-refractivity contribution in [2.24, 2.45) is 5.73 Å². The van der Waals surface area contributed by atoms with Crippen molar-refractivity contribution >= 4 is 18.3 Å². The van der Waals surface area contributed by atoms with Crippen molar-refractivity contribution in [1.82, 2.24) is 5.32 Å². The zero-order chi connectivity index (χ0) is 15.2. The summed E-state index contributed by atoms with van der Waals surface area (Å²) in [5.74, 6) is -0.0372. The van der Waals surface area contributed by atoms with Crippen molar-refractivity contribution in [2.45, 2.75) is 26.8 Å². The SMILES string of the molecule is Cc1cccc(C)c1CCNC(=O)c1ccc(CN)cc1.Cl. The van der Waals surface area contributed by atoms with E-state index in [0.29, 0.717) is 18.7 Å².